The summed E-state index contributed by atoms with van der Waals surface area (Å²) in [5.41, 5.74) is 3.91. The highest BCUT2D eigenvalue weighted by Crippen LogP contribution is 2.26. The number of rotatable bonds is 9. The zero-order valence-electron chi connectivity index (χ0n) is 21.2. The Morgan fingerprint density at radius 2 is 1.60 bits per heavy atom. The molecule has 2 heterocycles. The lowest BCUT2D eigenvalue weighted by atomic mass is 10.2. The van der Waals surface area contributed by atoms with E-state index in [0.717, 1.165) is 36.2 Å². The molecule has 5 rings (SSSR count). The van der Waals surface area contributed by atoms with Gasteiger partial charge in [0.1, 0.15) is 5.75 Å². The molecule has 1 aromatic heterocycles. The lowest BCUT2D eigenvalue weighted by molar-refractivity contribution is -0.274. The zero-order valence-corrected chi connectivity index (χ0v) is 21.2. The average molecular weight is 555 g/mol. The van der Waals surface area contributed by atoms with Crippen molar-refractivity contribution in [2.75, 3.05) is 47.2 Å². The molecule has 3 N–H and O–H groups in total. The van der Waals surface area contributed by atoms with Crippen molar-refractivity contribution >= 4 is 34.5 Å². The summed E-state index contributed by atoms with van der Waals surface area (Å²) < 4.78 is 60.8. The molecule has 0 saturated carbocycles. The normalized spacial score (nSPS) is 13.6. The van der Waals surface area contributed by atoms with Gasteiger partial charge in [-0.2, -0.15) is 4.98 Å². The number of benzene rings is 3. The van der Waals surface area contributed by atoms with Crippen LogP contribution < -0.4 is 25.6 Å². The number of morpholine rings is 1. The first-order valence-corrected chi connectivity index (χ1v) is 12.5. The van der Waals surface area contributed by atoms with Crippen LogP contribution in [0.4, 0.5) is 52.1 Å². The molecular formula is C28H26F4N6O2. The van der Waals surface area contributed by atoms with Gasteiger partial charge in [0.25, 0.3) is 0 Å². The van der Waals surface area contributed by atoms with Gasteiger partial charge in [0.05, 0.1) is 19.4 Å². The predicted octanol–water partition coefficient (Wildman–Crippen LogP) is 6.45. The fourth-order valence-corrected chi connectivity index (χ4v) is 4.08. The van der Waals surface area contributed by atoms with E-state index in [0.29, 0.717) is 31.1 Å². The van der Waals surface area contributed by atoms with Gasteiger partial charge in [0.15, 0.2) is 11.6 Å². The van der Waals surface area contributed by atoms with E-state index in [9.17, 15) is 17.6 Å². The van der Waals surface area contributed by atoms with Gasteiger partial charge in [-0.25, -0.2) is 9.37 Å². The maximum Gasteiger partial charge on any atom is 0.573 e. The van der Waals surface area contributed by atoms with Gasteiger partial charge in [-0.15, -0.1) is 13.2 Å². The summed E-state index contributed by atoms with van der Waals surface area (Å²) in [5, 5.41) is 9.26. The zero-order chi connectivity index (χ0) is 28.0. The molecule has 1 saturated heterocycles. The van der Waals surface area contributed by atoms with Crippen LogP contribution in [0.15, 0.2) is 79.0 Å². The highest BCUT2D eigenvalue weighted by molar-refractivity contribution is 5.65. The summed E-state index contributed by atoms with van der Waals surface area (Å²) in [5.74, 6) is -0.670. The van der Waals surface area contributed by atoms with Gasteiger partial charge < -0.3 is 30.3 Å². The maximum atomic E-state index is 14.5. The lowest BCUT2D eigenvalue weighted by Crippen LogP contribution is -2.36. The first-order valence-electron chi connectivity index (χ1n) is 12.5. The van der Waals surface area contributed by atoms with Crippen molar-refractivity contribution in [2.24, 2.45) is 0 Å². The number of aromatic nitrogens is 2. The Bertz CT molecular complexity index is 1410. The largest absolute Gasteiger partial charge is 0.573 e. The van der Waals surface area contributed by atoms with Crippen molar-refractivity contribution in [2.45, 2.75) is 12.9 Å². The van der Waals surface area contributed by atoms with E-state index < -0.39 is 12.2 Å². The van der Waals surface area contributed by atoms with Gasteiger partial charge >= 0.3 is 6.36 Å². The Labute approximate surface area is 228 Å². The van der Waals surface area contributed by atoms with Gasteiger partial charge in [-0.1, -0.05) is 18.2 Å². The highest BCUT2D eigenvalue weighted by Gasteiger charge is 2.30. The summed E-state index contributed by atoms with van der Waals surface area (Å²) in [6, 6.07) is 20.5. The Morgan fingerprint density at radius 3 is 2.33 bits per heavy atom. The van der Waals surface area contributed by atoms with E-state index in [1.807, 2.05) is 30.3 Å². The topological polar surface area (TPSA) is 83.6 Å². The minimum Gasteiger partial charge on any atom is -0.406 e. The number of anilines is 6. The van der Waals surface area contributed by atoms with Crippen molar-refractivity contribution in [1.29, 1.82) is 0 Å². The van der Waals surface area contributed by atoms with Crippen LogP contribution in [0.3, 0.4) is 0 Å². The van der Waals surface area contributed by atoms with E-state index in [4.69, 9.17) is 4.74 Å². The summed E-state index contributed by atoms with van der Waals surface area (Å²) in [6.45, 7) is 3.45. The van der Waals surface area contributed by atoms with Crippen LogP contribution >= 0.6 is 0 Å². The summed E-state index contributed by atoms with van der Waals surface area (Å²) in [6.07, 6.45) is -3.64. The molecule has 40 heavy (non-hydrogen) atoms. The monoisotopic (exact) mass is 554 g/mol. The molecule has 0 atom stereocenters. The Kier molecular flexibility index (Phi) is 8.15. The molecule has 0 radical (unpaired) electrons. The molecule has 3 aromatic carbocycles. The first-order chi connectivity index (χ1) is 19.3. The van der Waals surface area contributed by atoms with Gasteiger partial charge in [-0.3, -0.25) is 0 Å². The van der Waals surface area contributed by atoms with Crippen molar-refractivity contribution in [3.63, 3.8) is 0 Å². The first kappa shape index (κ1) is 27.0. The third-order valence-electron chi connectivity index (χ3n) is 6.02. The second-order valence-corrected chi connectivity index (χ2v) is 8.91. The third-order valence-corrected chi connectivity index (χ3v) is 6.02. The number of ether oxygens (including phenoxy) is 2. The van der Waals surface area contributed by atoms with E-state index in [1.165, 1.54) is 24.3 Å². The smallest absolute Gasteiger partial charge is 0.406 e. The molecule has 0 spiro atoms. The fourth-order valence-electron chi connectivity index (χ4n) is 4.08. The van der Waals surface area contributed by atoms with Crippen LogP contribution in [-0.2, 0) is 11.3 Å². The minimum absolute atomic E-state index is 0.000148. The second-order valence-electron chi connectivity index (χ2n) is 8.91. The summed E-state index contributed by atoms with van der Waals surface area (Å²) >= 11 is 0. The van der Waals surface area contributed by atoms with Crippen LogP contribution in [0.25, 0.3) is 0 Å². The van der Waals surface area contributed by atoms with Crippen LogP contribution in [0.2, 0.25) is 0 Å². The van der Waals surface area contributed by atoms with E-state index in [1.54, 1.807) is 18.2 Å². The Morgan fingerprint density at radius 1 is 0.875 bits per heavy atom. The number of nitrogens with zero attached hydrogens (tertiary/aromatic N) is 3. The van der Waals surface area contributed by atoms with Gasteiger partial charge in [-0.05, 0) is 60.2 Å². The van der Waals surface area contributed by atoms with Gasteiger partial charge in [0, 0.05) is 42.4 Å². The average Bonchev–Trinajstić information content (AvgIpc) is 2.95. The molecule has 0 amide bonds. The lowest BCUT2D eigenvalue weighted by Gasteiger charge is -2.28. The number of hydrogen-bond acceptors (Lipinski definition) is 8. The van der Waals surface area contributed by atoms with Crippen molar-refractivity contribution in [3.8, 4) is 5.75 Å². The molecule has 1 fully saturated rings. The molecule has 1 aliphatic heterocycles. The van der Waals surface area contributed by atoms with Crippen LogP contribution in [0, 0.1) is 5.82 Å². The number of alkyl halides is 3. The Balaban J connectivity index is 1.19. The third kappa shape index (κ3) is 7.50. The number of nitrogens with one attached hydrogen (secondary N) is 3. The molecule has 0 aliphatic carbocycles. The summed E-state index contributed by atoms with van der Waals surface area (Å²) in [4.78, 5) is 10.6. The van der Waals surface area contributed by atoms with Crippen molar-refractivity contribution in [3.05, 3.63) is 90.4 Å². The highest BCUT2D eigenvalue weighted by atomic mass is 19.4. The van der Waals surface area contributed by atoms with Crippen LogP contribution in [-0.4, -0.2) is 42.6 Å². The maximum absolute atomic E-state index is 14.5. The van der Waals surface area contributed by atoms with E-state index in [-0.39, 0.29) is 17.5 Å². The van der Waals surface area contributed by atoms with Crippen LogP contribution in [0.5, 0.6) is 5.75 Å². The fraction of sp³-hybridized carbons (Fsp3) is 0.214. The second kappa shape index (κ2) is 12.1. The number of hydrogen-bond donors (Lipinski definition) is 3. The molecule has 12 heteroatoms. The molecule has 4 aromatic rings. The quantitative estimate of drug-likeness (QED) is 0.204. The van der Waals surface area contributed by atoms with E-state index in [2.05, 4.69) is 35.6 Å². The molecule has 208 valence electrons. The minimum atomic E-state index is -4.73. The van der Waals surface area contributed by atoms with E-state index >= 15 is 0 Å². The Hall–Kier alpha value is -4.58. The van der Waals surface area contributed by atoms with Crippen molar-refractivity contribution < 1.29 is 27.0 Å². The SMILES string of the molecule is Fc1cnc(Nc2ccc(N3CCOCC3)cc2)nc1Nc1cccc(NCc2ccc(OC(F)(F)F)cc2)c1. The summed E-state index contributed by atoms with van der Waals surface area (Å²) in [7, 11) is 0. The molecule has 8 nitrogen and oxygen atoms in total. The molecule has 1 aliphatic rings. The predicted molar refractivity (Wildman–Crippen MR) is 145 cm³/mol. The molecule has 0 bridgehead atoms. The van der Waals surface area contributed by atoms with Crippen molar-refractivity contribution in [1.82, 2.24) is 9.97 Å². The van der Waals surface area contributed by atoms with Gasteiger partial charge in [0.2, 0.25) is 5.95 Å². The van der Waals surface area contributed by atoms with Crippen LogP contribution in [0.1, 0.15) is 5.56 Å². The number of halogens is 4. The molecule has 0 unspecified atom stereocenters. The molecular weight excluding hydrogens is 528 g/mol. The standard InChI is InChI=1S/C28H26F4N6O2/c29-25-18-34-27(36-20-6-8-23(9-7-20)38-12-14-39-15-13-38)37-26(25)35-22-3-1-2-21(16-22)33-17-19-4-10-24(11-5-19)40-28(30,31)32/h1-11,16,18,33H,12-15,17H2,(H2,34,35,36,37).